The summed E-state index contributed by atoms with van der Waals surface area (Å²) in [6.45, 7) is 4.25. The molecule has 1 fully saturated rings. The van der Waals surface area contributed by atoms with Crippen LogP contribution in [-0.4, -0.2) is 30.4 Å². The highest BCUT2D eigenvalue weighted by atomic mass is 79.9. The summed E-state index contributed by atoms with van der Waals surface area (Å²) in [4.78, 5) is 14.0. The smallest absolute Gasteiger partial charge is 0.241 e. The molecule has 0 radical (unpaired) electrons. The van der Waals surface area contributed by atoms with Crippen molar-refractivity contribution in [2.45, 2.75) is 26.2 Å². The minimum absolute atomic E-state index is 0.203. The fourth-order valence-corrected chi connectivity index (χ4v) is 2.59. The Kier molecular flexibility index (Phi) is 4.64. The number of nitrogens with zero attached hydrogens (tertiary/aromatic N) is 1. The number of amides is 1. The summed E-state index contributed by atoms with van der Waals surface area (Å²) in [5.74, 6) is 0.203. The maximum Gasteiger partial charge on any atom is 0.241 e. The lowest BCUT2D eigenvalue weighted by Crippen LogP contribution is -2.39. The predicted octanol–water partition coefficient (Wildman–Crippen LogP) is 3.18. The van der Waals surface area contributed by atoms with Crippen LogP contribution in [0.15, 0.2) is 22.7 Å². The Morgan fingerprint density at radius 1 is 1.33 bits per heavy atom. The van der Waals surface area contributed by atoms with Crippen molar-refractivity contribution < 1.29 is 4.79 Å². The first-order chi connectivity index (χ1) is 8.68. The summed E-state index contributed by atoms with van der Waals surface area (Å²) in [6, 6.07) is 5.99. The van der Waals surface area contributed by atoms with Gasteiger partial charge in [-0.2, -0.15) is 0 Å². The van der Waals surface area contributed by atoms with Gasteiger partial charge in [0.05, 0.1) is 6.54 Å². The molecule has 1 heterocycles. The molecule has 0 spiro atoms. The first-order valence-electron chi connectivity index (χ1n) is 6.45. The summed E-state index contributed by atoms with van der Waals surface area (Å²) >= 11 is 3.49. The molecule has 1 aromatic rings. The number of halogens is 1. The standard InChI is InChI=1S/C14H19BrN2O/c1-11-12(15)6-5-7-13(11)16-10-14(18)17-8-3-2-4-9-17/h5-7,16H,2-4,8-10H2,1H3. The van der Waals surface area contributed by atoms with E-state index < -0.39 is 0 Å². The summed E-state index contributed by atoms with van der Waals surface area (Å²) in [5, 5.41) is 3.23. The summed E-state index contributed by atoms with van der Waals surface area (Å²) in [6.07, 6.45) is 3.53. The number of nitrogens with one attached hydrogen (secondary N) is 1. The van der Waals surface area contributed by atoms with Crippen molar-refractivity contribution in [1.82, 2.24) is 4.90 Å². The molecule has 0 saturated carbocycles. The van der Waals surface area contributed by atoms with Crippen LogP contribution in [0.3, 0.4) is 0 Å². The highest BCUT2D eigenvalue weighted by Gasteiger charge is 2.16. The van der Waals surface area contributed by atoms with Crippen molar-refractivity contribution in [1.29, 1.82) is 0 Å². The third-order valence-corrected chi connectivity index (χ3v) is 4.27. The van der Waals surface area contributed by atoms with Crippen LogP contribution in [0.2, 0.25) is 0 Å². The van der Waals surface area contributed by atoms with Gasteiger partial charge >= 0.3 is 0 Å². The molecule has 1 amide bonds. The zero-order valence-corrected chi connectivity index (χ0v) is 12.3. The third-order valence-electron chi connectivity index (χ3n) is 3.41. The molecule has 4 heteroatoms. The minimum Gasteiger partial charge on any atom is -0.376 e. The highest BCUT2D eigenvalue weighted by molar-refractivity contribution is 9.10. The second-order valence-electron chi connectivity index (χ2n) is 4.71. The number of hydrogen-bond acceptors (Lipinski definition) is 2. The molecular formula is C14H19BrN2O. The van der Waals surface area contributed by atoms with Crippen molar-refractivity contribution >= 4 is 27.5 Å². The lowest BCUT2D eigenvalue weighted by molar-refractivity contribution is -0.130. The third kappa shape index (κ3) is 3.25. The van der Waals surface area contributed by atoms with E-state index in [0.717, 1.165) is 41.7 Å². The Morgan fingerprint density at radius 2 is 2.06 bits per heavy atom. The van der Waals surface area contributed by atoms with Gasteiger partial charge in [-0.05, 0) is 43.9 Å². The monoisotopic (exact) mass is 310 g/mol. The van der Waals surface area contributed by atoms with Crippen molar-refractivity contribution in [2.24, 2.45) is 0 Å². The predicted molar refractivity (Wildman–Crippen MR) is 77.8 cm³/mol. The van der Waals surface area contributed by atoms with E-state index in [2.05, 4.69) is 21.2 Å². The number of carbonyl (C=O) groups excluding carboxylic acids is 1. The molecule has 18 heavy (non-hydrogen) atoms. The lowest BCUT2D eigenvalue weighted by Gasteiger charge is -2.27. The van der Waals surface area contributed by atoms with Gasteiger partial charge in [-0.15, -0.1) is 0 Å². The van der Waals surface area contributed by atoms with Crippen molar-refractivity contribution in [3.8, 4) is 0 Å². The van der Waals surface area contributed by atoms with E-state index in [0.29, 0.717) is 6.54 Å². The van der Waals surface area contributed by atoms with Crippen LogP contribution in [0, 0.1) is 6.92 Å². The van der Waals surface area contributed by atoms with E-state index >= 15 is 0 Å². The molecule has 3 nitrogen and oxygen atoms in total. The van der Waals surface area contributed by atoms with Gasteiger partial charge in [-0.3, -0.25) is 4.79 Å². The van der Waals surface area contributed by atoms with E-state index in [1.54, 1.807) is 0 Å². The van der Waals surface area contributed by atoms with Crippen LogP contribution in [0.4, 0.5) is 5.69 Å². The minimum atomic E-state index is 0.203. The number of likely N-dealkylation sites (tertiary alicyclic amines) is 1. The Balaban J connectivity index is 1.90. The zero-order valence-electron chi connectivity index (χ0n) is 10.7. The van der Waals surface area contributed by atoms with E-state index in [1.165, 1.54) is 6.42 Å². The van der Waals surface area contributed by atoms with Crippen LogP contribution in [0.1, 0.15) is 24.8 Å². The summed E-state index contributed by atoms with van der Waals surface area (Å²) < 4.78 is 1.07. The van der Waals surface area contributed by atoms with Crippen LogP contribution in [0.5, 0.6) is 0 Å². The molecule has 2 rings (SSSR count). The fraction of sp³-hybridized carbons (Fsp3) is 0.500. The molecule has 1 N–H and O–H groups in total. The van der Waals surface area contributed by atoms with Gasteiger partial charge in [0.2, 0.25) is 5.91 Å². The largest absolute Gasteiger partial charge is 0.376 e. The molecule has 1 aliphatic heterocycles. The molecular weight excluding hydrogens is 292 g/mol. The van der Waals surface area contributed by atoms with E-state index in [1.807, 2.05) is 30.0 Å². The van der Waals surface area contributed by atoms with Gasteiger partial charge < -0.3 is 10.2 Å². The van der Waals surface area contributed by atoms with Crippen molar-refractivity contribution in [2.75, 3.05) is 25.0 Å². The number of hydrogen-bond donors (Lipinski definition) is 1. The van der Waals surface area contributed by atoms with Crippen LogP contribution < -0.4 is 5.32 Å². The Bertz CT molecular complexity index is 428. The molecule has 1 saturated heterocycles. The average Bonchev–Trinajstić information content (AvgIpc) is 2.41. The van der Waals surface area contributed by atoms with Gasteiger partial charge in [0, 0.05) is 23.2 Å². The molecule has 1 aliphatic rings. The quantitative estimate of drug-likeness (QED) is 0.930. The van der Waals surface area contributed by atoms with Gasteiger partial charge in [-0.1, -0.05) is 22.0 Å². The molecule has 98 valence electrons. The normalized spacial score (nSPS) is 15.6. The Morgan fingerprint density at radius 3 is 2.78 bits per heavy atom. The SMILES string of the molecule is Cc1c(Br)cccc1NCC(=O)N1CCCCC1. The summed E-state index contributed by atoms with van der Waals surface area (Å²) in [7, 11) is 0. The molecule has 0 atom stereocenters. The molecule has 0 bridgehead atoms. The first kappa shape index (κ1) is 13.4. The molecule has 0 unspecified atom stereocenters. The van der Waals surface area contributed by atoms with Gasteiger partial charge in [0.1, 0.15) is 0 Å². The lowest BCUT2D eigenvalue weighted by atomic mass is 10.1. The van der Waals surface area contributed by atoms with Crippen LogP contribution in [0.25, 0.3) is 0 Å². The molecule has 0 aliphatic carbocycles. The number of benzene rings is 1. The molecule has 0 aromatic heterocycles. The zero-order chi connectivity index (χ0) is 13.0. The Hall–Kier alpha value is -1.03. The van der Waals surface area contributed by atoms with Crippen LogP contribution in [-0.2, 0) is 4.79 Å². The Labute approximate surface area is 117 Å². The average molecular weight is 311 g/mol. The highest BCUT2D eigenvalue weighted by Crippen LogP contribution is 2.23. The molecule has 1 aromatic carbocycles. The van der Waals surface area contributed by atoms with Crippen LogP contribution >= 0.6 is 15.9 Å². The number of piperidine rings is 1. The van der Waals surface area contributed by atoms with E-state index in [-0.39, 0.29) is 5.91 Å². The maximum absolute atomic E-state index is 12.0. The first-order valence-corrected chi connectivity index (χ1v) is 7.24. The topological polar surface area (TPSA) is 32.3 Å². The van der Waals surface area contributed by atoms with E-state index in [9.17, 15) is 4.79 Å². The second kappa shape index (κ2) is 6.23. The van der Waals surface area contributed by atoms with Crippen molar-refractivity contribution in [3.63, 3.8) is 0 Å². The fourth-order valence-electron chi connectivity index (χ4n) is 2.22. The van der Waals surface area contributed by atoms with Gasteiger partial charge in [-0.25, -0.2) is 0 Å². The summed E-state index contributed by atoms with van der Waals surface area (Å²) in [5.41, 5.74) is 2.17. The van der Waals surface area contributed by atoms with Gasteiger partial charge in [0.25, 0.3) is 0 Å². The number of rotatable bonds is 3. The van der Waals surface area contributed by atoms with Crippen molar-refractivity contribution in [3.05, 3.63) is 28.2 Å². The van der Waals surface area contributed by atoms with E-state index in [4.69, 9.17) is 0 Å². The second-order valence-corrected chi connectivity index (χ2v) is 5.56. The number of anilines is 1. The number of carbonyl (C=O) groups is 1. The maximum atomic E-state index is 12.0. The van der Waals surface area contributed by atoms with Gasteiger partial charge in [0.15, 0.2) is 0 Å².